The predicted molar refractivity (Wildman–Crippen MR) is 93.1 cm³/mol. The first-order chi connectivity index (χ1) is 11.7. The second-order valence-electron chi connectivity index (χ2n) is 5.62. The monoisotopic (exact) mass is 332 g/mol. The molecular formula is C17H25FN6. The van der Waals surface area contributed by atoms with Crippen LogP contribution in [0.3, 0.4) is 0 Å². The van der Waals surface area contributed by atoms with Gasteiger partial charge in [-0.25, -0.2) is 4.39 Å². The van der Waals surface area contributed by atoms with Crippen molar-refractivity contribution in [1.29, 1.82) is 0 Å². The molecule has 0 fully saturated rings. The number of hydrogen-bond donors (Lipinski definition) is 1. The number of benzene rings is 1. The molecule has 0 spiro atoms. The van der Waals surface area contributed by atoms with Crippen LogP contribution in [0.1, 0.15) is 25.3 Å². The Hall–Kier alpha value is -2.44. The maximum atomic E-state index is 13.0. The van der Waals surface area contributed by atoms with Gasteiger partial charge in [0, 0.05) is 33.2 Å². The Morgan fingerprint density at radius 2 is 1.92 bits per heavy atom. The number of rotatable bonds is 8. The molecule has 1 N–H and O–H groups in total. The highest BCUT2D eigenvalue weighted by Crippen LogP contribution is 2.06. The highest BCUT2D eigenvalue weighted by atomic mass is 19.1. The van der Waals surface area contributed by atoms with Gasteiger partial charge in [0.1, 0.15) is 18.5 Å². The standard InChI is InChI=1S/C17H25FN6/c1-3-19-17(20-10-4-5-11-24-13-21-22-14-24)23(2)12-15-6-8-16(18)9-7-15/h6-9,13-14H,3-5,10-12H2,1-2H3,(H,19,20). The molecule has 2 aromatic rings. The van der Waals surface area contributed by atoms with Gasteiger partial charge in [0.05, 0.1) is 0 Å². The Balaban J connectivity index is 1.81. The first-order valence-electron chi connectivity index (χ1n) is 8.25. The Labute approximate surface area is 142 Å². The molecular weight excluding hydrogens is 307 g/mol. The minimum absolute atomic E-state index is 0.213. The van der Waals surface area contributed by atoms with Gasteiger partial charge in [0.25, 0.3) is 0 Å². The molecule has 0 amide bonds. The smallest absolute Gasteiger partial charge is 0.193 e. The van der Waals surface area contributed by atoms with Crippen molar-refractivity contribution < 1.29 is 4.39 Å². The maximum absolute atomic E-state index is 13.0. The lowest BCUT2D eigenvalue weighted by molar-refractivity contribution is 0.475. The van der Waals surface area contributed by atoms with Crippen LogP contribution in [0.4, 0.5) is 4.39 Å². The number of unbranched alkanes of at least 4 members (excludes halogenated alkanes) is 1. The summed E-state index contributed by atoms with van der Waals surface area (Å²) in [5.41, 5.74) is 1.05. The normalized spacial score (nSPS) is 11.5. The summed E-state index contributed by atoms with van der Waals surface area (Å²) >= 11 is 0. The fourth-order valence-electron chi connectivity index (χ4n) is 2.34. The Morgan fingerprint density at radius 3 is 2.58 bits per heavy atom. The molecule has 1 aromatic heterocycles. The topological polar surface area (TPSA) is 58.3 Å². The molecule has 130 valence electrons. The largest absolute Gasteiger partial charge is 0.357 e. The summed E-state index contributed by atoms with van der Waals surface area (Å²) in [7, 11) is 1.99. The maximum Gasteiger partial charge on any atom is 0.193 e. The van der Waals surface area contributed by atoms with Gasteiger partial charge in [0.2, 0.25) is 0 Å². The molecule has 24 heavy (non-hydrogen) atoms. The van der Waals surface area contributed by atoms with Crippen LogP contribution in [0.2, 0.25) is 0 Å². The molecule has 0 unspecified atom stereocenters. The van der Waals surface area contributed by atoms with Gasteiger partial charge >= 0.3 is 0 Å². The van der Waals surface area contributed by atoms with Gasteiger partial charge in [-0.1, -0.05) is 12.1 Å². The van der Waals surface area contributed by atoms with E-state index in [1.165, 1.54) is 12.1 Å². The number of guanidine groups is 1. The van der Waals surface area contributed by atoms with Crippen molar-refractivity contribution in [3.05, 3.63) is 48.3 Å². The molecule has 7 heteroatoms. The highest BCUT2D eigenvalue weighted by molar-refractivity contribution is 5.79. The lowest BCUT2D eigenvalue weighted by Gasteiger charge is -2.22. The third kappa shape index (κ3) is 5.98. The van der Waals surface area contributed by atoms with Gasteiger partial charge in [-0.15, -0.1) is 10.2 Å². The molecule has 0 saturated heterocycles. The average molecular weight is 332 g/mol. The van der Waals surface area contributed by atoms with E-state index in [0.717, 1.165) is 44.0 Å². The van der Waals surface area contributed by atoms with Crippen molar-refractivity contribution in [2.24, 2.45) is 4.99 Å². The van der Waals surface area contributed by atoms with Crippen LogP contribution < -0.4 is 5.32 Å². The van der Waals surface area contributed by atoms with Crippen LogP contribution in [0.25, 0.3) is 0 Å². The molecule has 0 atom stereocenters. The number of aryl methyl sites for hydroxylation is 1. The first kappa shape index (κ1) is 17.9. The lowest BCUT2D eigenvalue weighted by Crippen LogP contribution is -2.38. The van der Waals surface area contributed by atoms with Gasteiger partial charge in [0.15, 0.2) is 5.96 Å². The number of aromatic nitrogens is 3. The summed E-state index contributed by atoms with van der Waals surface area (Å²) in [6, 6.07) is 6.57. The van der Waals surface area contributed by atoms with Crippen LogP contribution in [0.15, 0.2) is 41.9 Å². The summed E-state index contributed by atoms with van der Waals surface area (Å²) in [6.45, 7) is 5.22. The highest BCUT2D eigenvalue weighted by Gasteiger charge is 2.06. The van der Waals surface area contributed by atoms with E-state index in [2.05, 4.69) is 25.4 Å². The Morgan fingerprint density at radius 1 is 1.21 bits per heavy atom. The van der Waals surface area contributed by atoms with Crippen LogP contribution >= 0.6 is 0 Å². The summed E-state index contributed by atoms with van der Waals surface area (Å²) < 4.78 is 15.0. The zero-order valence-corrected chi connectivity index (χ0v) is 14.3. The van der Waals surface area contributed by atoms with E-state index in [-0.39, 0.29) is 5.82 Å². The summed E-state index contributed by atoms with van der Waals surface area (Å²) in [6.07, 6.45) is 5.48. The fraction of sp³-hybridized carbons (Fsp3) is 0.471. The fourth-order valence-corrected chi connectivity index (χ4v) is 2.34. The third-order valence-corrected chi connectivity index (χ3v) is 3.58. The van der Waals surface area contributed by atoms with E-state index in [1.807, 2.05) is 18.5 Å². The number of hydrogen-bond acceptors (Lipinski definition) is 3. The van der Waals surface area contributed by atoms with E-state index in [4.69, 9.17) is 0 Å². The zero-order chi connectivity index (χ0) is 17.2. The molecule has 6 nitrogen and oxygen atoms in total. The van der Waals surface area contributed by atoms with Crippen molar-refractivity contribution >= 4 is 5.96 Å². The quantitative estimate of drug-likeness (QED) is 0.458. The van der Waals surface area contributed by atoms with E-state index in [1.54, 1.807) is 24.8 Å². The summed E-state index contributed by atoms with van der Waals surface area (Å²) in [4.78, 5) is 6.71. The average Bonchev–Trinajstić information content (AvgIpc) is 3.09. The minimum Gasteiger partial charge on any atom is -0.357 e. The number of aliphatic imine (C=N–C) groups is 1. The number of halogens is 1. The predicted octanol–water partition coefficient (Wildman–Crippen LogP) is 2.29. The zero-order valence-electron chi connectivity index (χ0n) is 14.3. The third-order valence-electron chi connectivity index (χ3n) is 3.58. The van der Waals surface area contributed by atoms with Crippen LogP contribution in [0, 0.1) is 5.82 Å². The van der Waals surface area contributed by atoms with Crippen molar-refractivity contribution in [3.8, 4) is 0 Å². The van der Waals surface area contributed by atoms with Gasteiger partial charge in [-0.05, 0) is 37.5 Å². The van der Waals surface area contributed by atoms with Crippen molar-refractivity contribution in [2.75, 3.05) is 20.1 Å². The molecule has 0 aliphatic carbocycles. The van der Waals surface area contributed by atoms with Crippen LogP contribution in [-0.2, 0) is 13.1 Å². The Kier molecular flexibility index (Phi) is 7.20. The number of nitrogens with one attached hydrogen (secondary N) is 1. The van der Waals surface area contributed by atoms with E-state index >= 15 is 0 Å². The van der Waals surface area contributed by atoms with Crippen molar-refractivity contribution in [1.82, 2.24) is 25.0 Å². The molecule has 0 aliphatic rings. The van der Waals surface area contributed by atoms with E-state index < -0.39 is 0 Å². The molecule has 0 bridgehead atoms. The molecule has 0 saturated carbocycles. The van der Waals surface area contributed by atoms with Crippen LogP contribution in [-0.4, -0.2) is 45.8 Å². The second-order valence-corrected chi connectivity index (χ2v) is 5.62. The van der Waals surface area contributed by atoms with Gasteiger partial charge in [-0.3, -0.25) is 4.99 Å². The van der Waals surface area contributed by atoms with Crippen molar-refractivity contribution in [2.45, 2.75) is 32.9 Å². The van der Waals surface area contributed by atoms with Crippen molar-refractivity contribution in [3.63, 3.8) is 0 Å². The van der Waals surface area contributed by atoms with E-state index in [9.17, 15) is 4.39 Å². The molecule has 1 heterocycles. The molecule has 0 radical (unpaired) electrons. The summed E-state index contributed by atoms with van der Waals surface area (Å²) in [5, 5.41) is 10.9. The van der Waals surface area contributed by atoms with Gasteiger partial charge < -0.3 is 14.8 Å². The lowest BCUT2D eigenvalue weighted by atomic mass is 10.2. The minimum atomic E-state index is -0.213. The summed E-state index contributed by atoms with van der Waals surface area (Å²) in [5.74, 6) is 0.654. The Bertz CT molecular complexity index is 609. The molecule has 1 aromatic carbocycles. The SMILES string of the molecule is CCNC(=NCCCCn1cnnc1)N(C)Cc1ccc(F)cc1. The second kappa shape index (κ2) is 9.64. The van der Waals surface area contributed by atoms with Gasteiger partial charge in [-0.2, -0.15) is 0 Å². The number of nitrogens with zero attached hydrogens (tertiary/aromatic N) is 5. The first-order valence-corrected chi connectivity index (χ1v) is 8.25. The molecule has 2 rings (SSSR count). The van der Waals surface area contributed by atoms with E-state index in [0.29, 0.717) is 6.54 Å². The van der Waals surface area contributed by atoms with Crippen LogP contribution in [0.5, 0.6) is 0 Å². The molecule has 0 aliphatic heterocycles.